The third-order valence-corrected chi connectivity index (χ3v) is 3.29. The molecule has 5 nitrogen and oxygen atoms in total. The Kier molecular flexibility index (Phi) is 4.26. The van der Waals surface area contributed by atoms with Crippen molar-refractivity contribution in [3.05, 3.63) is 46.2 Å². The summed E-state index contributed by atoms with van der Waals surface area (Å²) < 4.78 is 15.8. The third kappa shape index (κ3) is 2.98. The standard InChI is InChI=1S/C12H12BrFN4O/c1-2-18-7-16-17-10(18)6-15-12(19)11-8(13)4-3-5-9(11)14/h3-5,7H,2,6H2,1H3,(H,15,19). The first-order valence-electron chi connectivity index (χ1n) is 5.72. The highest BCUT2D eigenvalue weighted by atomic mass is 79.9. The summed E-state index contributed by atoms with van der Waals surface area (Å²) in [7, 11) is 0. The Morgan fingerprint density at radius 1 is 1.53 bits per heavy atom. The van der Waals surface area contributed by atoms with Crippen LogP contribution in [0.15, 0.2) is 29.0 Å². The summed E-state index contributed by atoms with van der Waals surface area (Å²) in [5.74, 6) is -0.428. The van der Waals surface area contributed by atoms with Crippen LogP contribution in [-0.2, 0) is 13.1 Å². The molecule has 0 spiro atoms. The SMILES string of the molecule is CCn1cnnc1CNC(=O)c1c(F)cccc1Br. The number of nitrogens with zero attached hydrogens (tertiary/aromatic N) is 3. The van der Waals surface area contributed by atoms with Crippen molar-refractivity contribution in [2.24, 2.45) is 0 Å². The van der Waals surface area contributed by atoms with Gasteiger partial charge in [-0.1, -0.05) is 6.07 Å². The molecule has 0 aliphatic carbocycles. The number of halogens is 2. The largest absolute Gasteiger partial charge is 0.345 e. The summed E-state index contributed by atoms with van der Waals surface area (Å²) in [6, 6.07) is 4.39. The highest BCUT2D eigenvalue weighted by molar-refractivity contribution is 9.10. The van der Waals surface area contributed by atoms with Crippen molar-refractivity contribution in [3.8, 4) is 0 Å². The van der Waals surface area contributed by atoms with Gasteiger partial charge in [-0.25, -0.2) is 4.39 Å². The molecule has 7 heteroatoms. The van der Waals surface area contributed by atoms with Gasteiger partial charge in [-0.05, 0) is 35.0 Å². The number of carbonyl (C=O) groups is 1. The highest BCUT2D eigenvalue weighted by Crippen LogP contribution is 2.19. The van der Waals surface area contributed by atoms with Gasteiger partial charge in [-0.3, -0.25) is 4.79 Å². The predicted molar refractivity (Wildman–Crippen MR) is 71.0 cm³/mol. The third-order valence-electron chi connectivity index (χ3n) is 2.63. The molecule has 0 bridgehead atoms. The molecule has 0 unspecified atom stereocenters. The van der Waals surface area contributed by atoms with E-state index in [2.05, 4.69) is 31.4 Å². The van der Waals surface area contributed by atoms with Gasteiger partial charge >= 0.3 is 0 Å². The topological polar surface area (TPSA) is 59.8 Å². The van der Waals surface area contributed by atoms with Gasteiger partial charge < -0.3 is 9.88 Å². The Balaban J connectivity index is 2.10. The molecule has 0 aliphatic rings. The van der Waals surface area contributed by atoms with E-state index in [1.165, 1.54) is 12.1 Å². The Bertz CT molecular complexity index is 579. The van der Waals surface area contributed by atoms with Crippen LogP contribution in [-0.4, -0.2) is 20.7 Å². The molecule has 1 N–H and O–H groups in total. The monoisotopic (exact) mass is 326 g/mol. The second-order valence-electron chi connectivity index (χ2n) is 3.81. The van der Waals surface area contributed by atoms with Crippen LogP contribution in [0, 0.1) is 5.82 Å². The van der Waals surface area contributed by atoms with Crippen molar-refractivity contribution >= 4 is 21.8 Å². The number of benzene rings is 1. The summed E-state index contributed by atoms with van der Waals surface area (Å²) >= 11 is 3.16. The minimum atomic E-state index is -0.566. The zero-order valence-electron chi connectivity index (χ0n) is 10.2. The van der Waals surface area contributed by atoms with Gasteiger partial charge in [0.25, 0.3) is 5.91 Å². The van der Waals surface area contributed by atoms with Crippen LogP contribution in [0.5, 0.6) is 0 Å². The summed E-state index contributed by atoms with van der Waals surface area (Å²) in [6.07, 6.45) is 1.58. The van der Waals surface area contributed by atoms with Gasteiger partial charge in [0.2, 0.25) is 0 Å². The minimum absolute atomic E-state index is 0.00920. The first-order valence-corrected chi connectivity index (χ1v) is 6.51. The molecule has 0 fully saturated rings. The van der Waals surface area contributed by atoms with E-state index in [1.54, 1.807) is 17.0 Å². The maximum atomic E-state index is 13.6. The Morgan fingerprint density at radius 3 is 3.00 bits per heavy atom. The average Bonchev–Trinajstić information content (AvgIpc) is 2.83. The Morgan fingerprint density at radius 2 is 2.32 bits per heavy atom. The lowest BCUT2D eigenvalue weighted by molar-refractivity contribution is 0.0944. The molecule has 100 valence electrons. The minimum Gasteiger partial charge on any atom is -0.345 e. The first-order chi connectivity index (χ1) is 9.13. The van der Waals surface area contributed by atoms with Gasteiger partial charge in [0.15, 0.2) is 5.82 Å². The summed E-state index contributed by atoms with van der Waals surface area (Å²) in [5, 5.41) is 10.3. The van der Waals surface area contributed by atoms with E-state index in [9.17, 15) is 9.18 Å². The number of aromatic nitrogens is 3. The molecular weight excluding hydrogens is 315 g/mol. The number of hydrogen-bond acceptors (Lipinski definition) is 3. The van der Waals surface area contributed by atoms with Crippen molar-refractivity contribution < 1.29 is 9.18 Å². The van der Waals surface area contributed by atoms with Crippen LogP contribution in [0.1, 0.15) is 23.1 Å². The van der Waals surface area contributed by atoms with Crippen LogP contribution >= 0.6 is 15.9 Å². The number of amides is 1. The van der Waals surface area contributed by atoms with E-state index in [-0.39, 0.29) is 12.1 Å². The molecule has 0 saturated carbocycles. The van der Waals surface area contributed by atoms with Gasteiger partial charge in [-0.15, -0.1) is 10.2 Å². The van der Waals surface area contributed by atoms with E-state index in [0.717, 1.165) is 0 Å². The second-order valence-corrected chi connectivity index (χ2v) is 4.67. The Labute approximate surface area is 118 Å². The van der Waals surface area contributed by atoms with E-state index in [4.69, 9.17) is 0 Å². The van der Waals surface area contributed by atoms with Crippen molar-refractivity contribution in [1.82, 2.24) is 20.1 Å². The molecule has 2 aromatic rings. The number of nitrogens with one attached hydrogen (secondary N) is 1. The van der Waals surface area contributed by atoms with Crippen LogP contribution < -0.4 is 5.32 Å². The number of rotatable bonds is 4. The fourth-order valence-corrected chi connectivity index (χ4v) is 2.16. The quantitative estimate of drug-likeness (QED) is 0.936. The summed E-state index contributed by atoms with van der Waals surface area (Å²) in [4.78, 5) is 11.9. The van der Waals surface area contributed by atoms with Crippen LogP contribution in [0.3, 0.4) is 0 Å². The zero-order valence-corrected chi connectivity index (χ0v) is 11.8. The predicted octanol–water partition coefficient (Wildman–Crippen LogP) is 2.13. The summed E-state index contributed by atoms with van der Waals surface area (Å²) in [5.41, 5.74) is -0.00920. The molecule has 1 aromatic heterocycles. The average molecular weight is 327 g/mol. The normalized spacial score (nSPS) is 10.5. The maximum absolute atomic E-state index is 13.6. The van der Waals surface area contributed by atoms with Gasteiger partial charge in [0.1, 0.15) is 12.1 Å². The van der Waals surface area contributed by atoms with E-state index in [0.29, 0.717) is 16.8 Å². The number of carbonyl (C=O) groups excluding carboxylic acids is 1. The van der Waals surface area contributed by atoms with E-state index >= 15 is 0 Å². The Hall–Kier alpha value is -1.76. The van der Waals surface area contributed by atoms with E-state index < -0.39 is 11.7 Å². The zero-order chi connectivity index (χ0) is 13.8. The smallest absolute Gasteiger partial charge is 0.255 e. The van der Waals surface area contributed by atoms with Crippen LogP contribution in [0.25, 0.3) is 0 Å². The van der Waals surface area contributed by atoms with Crippen LogP contribution in [0.2, 0.25) is 0 Å². The molecule has 1 heterocycles. The maximum Gasteiger partial charge on any atom is 0.255 e. The molecule has 2 rings (SSSR count). The van der Waals surface area contributed by atoms with E-state index in [1.807, 2.05) is 6.92 Å². The molecule has 0 radical (unpaired) electrons. The van der Waals surface area contributed by atoms with Crippen LogP contribution in [0.4, 0.5) is 4.39 Å². The molecule has 0 aliphatic heterocycles. The van der Waals surface area contributed by atoms with Gasteiger partial charge in [0.05, 0.1) is 12.1 Å². The van der Waals surface area contributed by atoms with Crippen molar-refractivity contribution in [2.75, 3.05) is 0 Å². The number of aryl methyl sites for hydroxylation is 1. The van der Waals surface area contributed by atoms with Gasteiger partial charge in [-0.2, -0.15) is 0 Å². The lowest BCUT2D eigenvalue weighted by Gasteiger charge is -2.08. The molecular formula is C12H12BrFN4O. The second kappa shape index (κ2) is 5.92. The number of hydrogen-bond donors (Lipinski definition) is 1. The lowest BCUT2D eigenvalue weighted by atomic mass is 10.2. The fourth-order valence-electron chi connectivity index (χ4n) is 1.64. The molecule has 1 aromatic carbocycles. The van der Waals surface area contributed by atoms with Crippen molar-refractivity contribution in [3.63, 3.8) is 0 Å². The molecule has 0 saturated heterocycles. The molecule has 0 atom stereocenters. The molecule has 19 heavy (non-hydrogen) atoms. The van der Waals surface area contributed by atoms with Gasteiger partial charge in [0, 0.05) is 11.0 Å². The molecule has 1 amide bonds. The fraction of sp³-hybridized carbons (Fsp3) is 0.250. The van der Waals surface area contributed by atoms with Crippen molar-refractivity contribution in [1.29, 1.82) is 0 Å². The summed E-state index contributed by atoms with van der Waals surface area (Å²) in [6.45, 7) is 2.86. The highest BCUT2D eigenvalue weighted by Gasteiger charge is 2.15. The lowest BCUT2D eigenvalue weighted by Crippen LogP contribution is -2.26. The first kappa shape index (κ1) is 13.7. The van der Waals surface area contributed by atoms with Crippen molar-refractivity contribution in [2.45, 2.75) is 20.0 Å².